The molecule has 3 aromatic rings. The number of rotatable bonds is 5. The molecular formula is C27H25NO. The van der Waals surface area contributed by atoms with Crippen molar-refractivity contribution in [2.24, 2.45) is 0 Å². The van der Waals surface area contributed by atoms with E-state index in [0.717, 1.165) is 18.4 Å². The molecule has 3 aromatic carbocycles. The van der Waals surface area contributed by atoms with Gasteiger partial charge in [-0.1, -0.05) is 91.0 Å². The van der Waals surface area contributed by atoms with Crippen molar-refractivity contribution in [3.05, 3.63) is 114 Å². The second-order valence-electron chi connectivity index (χ2n) is 7.10. The molecule has 0 unspecified atom stereocenters. The lowest BCUT2D eigenvalue weighted by atomic mass is 9.96. The summed E-state index contributed by atoms with van der Waals surface area (Å²) in [5, 5.41) is 0. The van der Waals surface area contributed by atoms with Crippen LogP contribution in [-0.4, -0.2) is 23.9 Å². The molecule has 144 valence electrons. The van der Waals surface area contributed by atoms with E-state index in [9.17, 15) is 6.17 Å². The fourth-order valence-electron chi connectivity index (χ4n) is 3.50. The van der Waals surface area contributed by atoms with Crippen LogP contribution in [0, 0.1) is 0 Å². The zero-order valence-electron chi connectivity index (χ0n) is 18.3. The van der Waals surface area contributed by atoms with Crippen molar-refractivity contribution in [2.45, 2.75) is 12.8 Å². The maximum absolute atomic E-state index is 13.5. The lowest BCUT2D eigenvalue weighted by Gasteiger charge is -2.18. The summed E-state index contributed by atoms with van der Waals surface area (Å²) in [4.78, 5) is 15.4. The Morgan fingerprint density at radius 3 is 1.86 bits per heavy atom. The minimum Gasteiger partial charge on any atom is -0.339 e. The lowest BCUT2D eigenvalue weighted by Crippen LogP contribution is -2.28. The van der Waals surface area contributed by atoms with Gasteiger partial charge in [-0.05, 0) is 47.2 Å². The van der Waals surface area contributed by atoms with Gasteiger partial charge in [0.2, 0.25) is 0 Å². The number of carbonyl (C=O) groups is 1. The second kappa shape index (κ2) is 9.20. The molecule has 1 amide bonds. The molecule has 0 N–H and O–H groups in total. The molecule has 29 heavy (non-hydrogen) atoms. The van der Waals surface area contributed by atoms with E-state index >= 15 is 0 Å². The molecule has 1 heterocycles. The Morgan fingerprint density at radius 2 is 1.28 bits per heavy atom. The Morgan fingerprint density at radius 1 is 0.759 bits per heavy atom. The summed E-state index contributed by atoms with van der Waals surface area (Å²) in [5.41, 5.74) is 2.98. The van der Waals surface area contributed by atoms with Gasteiger partial charge < -0.3 is 4.90 Å². The number of likely N-dealkylation sites (tertiary alicyclic amines) is 1. The molecule has 0 aliphatic carbocycles. The summed E-state index contributed by atoms with van der Waals surface area (Å²) in [6.45, 7) is 1.42. The van der Waals surface area contributed by atoms with E-state index in [0.29, 0.717) is 35.4 Å². The molecule has 4 rings (SSSR count). The monoisotopic (exact) mass is 381 g/mol. The Bertz CT molecular complexity index is 1100. The number of amides is 1. The van der Waals surface area contributed by atoms with Gasteiger partial charge in [-0.15, -0.1) is 0 Å². The molecule has 0 saturated carbocycles. The fourth-order valence-corrected chi connectivity index (χ4v) is 3.50. The van der Waals surface area contributed by atoms with Crippen molar-refractivity contribution in [1.29, 1.82) is 0 Å². The minimum absolute atomic E-state index is 0.0863. The highest BCUT2D eigenvalue weighted by atomic mass is 16.2. The van der Waals surface area contributed by atoms with Crippen LogP contribution >= 0.6 is 0 Å². The van der Waals surface area contributed by atoms with Gasteiger partial charge >= 0.3 is 0 Å². The van der Waals surface area contributed by atoms with Crippen molar-refractivity contribution < 1.29 is 7.54 Å². The zero-order valence-corrected chi connectivity index (χ0v) is 16.3. The van der Waals surface area contributed by atoms with Crippen LogP contribution in [0.3, 0.4) is 0 Å². The van der Waals surface area contributed by atoms with Crippen molar-refractivity contribution in [2.75, 3.05) is 13.1 Å². The largest absolute Gasteiger partial charge is 0.339 e. The van der Waals surface area contributed by atoms with Crippen LogP contribution in [0.5, 0.6) is 0 Å². The summed E-state index contributed by atoms with van der Waals surface area (Å²) in [7, 11) is 0. The maximum Gasteiger partial charge on any atom is 0.254 e. The van der Waals surface area contributed by atoms with E-state index in [1.165, 1.54) is 0 Å². The number of nitrogens with zero attached hydrogens (tertiary/aromatic N) is 1. The molecule has 1 aliphatic heterocycles. The highest BCUT2D eigenvalue weighted by Gasteiger charge is 2.22. The van der Waals surface area contributed by atoms with Crippen LogP contribution in [0.2, 0.25) is 0 Å². The van der Waals surface area contributed by atoms with E-state index in [1.807, 2.05) is 95.9 Å². The molecule has 2 heteroatoms. The van der Waals surface area contributed by atoms with Crippen molar-refractivity contribution in [3.63, 3.8) is 0 Å². The topological polar surface area (TPSA) is 20.3 Å². The van der Waals surface area contributed by atoms with E-state index in [4.69, 9.17) is 1.37 Å². The fraction of sp³-hybridized carbons (Fsp3) is 0.148. The van der Waals surface area contributed by atoms with Crippen molar-refractivity contribution >= 4 is 23.1 Å². The van der Waals surface area contributed by atoms with E-state index < -0.39 is 0 Å². The van der Waals surface area contributed by atoms with Gasteiger partial charge in [0.25, 0.3) is 5.91 Å². The van der Waals surface area contributed by atoms with Gasteiger partial charge in [-0.2, -0.15) is 0 Å². The molecular weight excluding hydrogens is 354 g/mol. The Kier molecular flexibility index (Phi) is 5.25. The molecule has 2 nitrogen and oxygen atoms in total. The van der Waals surface area contributed by atoms with Crippen LogP contribution in [-0.2, 0) is 4.79 Å². The number of carbonyl (C=O) groups excluding carboxylic acids is 1. The first-order valence-corrected chi connectivity index (χ1v) is 10.0. The quantitative estimate of drug-likeness (QED) is 0.305. The summed E-state index contributed by atoms with van der Waals surface area (Å²) in [5.74, 6) is -0.136. The summed E-state index contributed by atoms with van der Waals surface area (Å²) < 4.78 is 18.1. The van der Waals surface area contributed by atoms with Gasteiger partial charge in [0.1, 0.15) is 0 Å². The predicted octanol–water partition coefficient (Wildman–Crippen LogP) is 5.93. The molecule has 0 aromatic heterocycles. The van der Waals surface area contributed by atoms with Crippen molar-refractivity contribution in [1.82, 2.24) is 4.90 Å². The van der Waals surface area contributed by atoms with Gasteiger partial charge in [0, 0.05) is 18.7 Å². The minimum atomic E-state index is -0.136. The first-order chi connectivity index (χ1) is 15.2. The Labute approximate surface area is 175 Å². The van der Waals surface area contributed by atoms with E-state index in [-0.39, 0.29) is 18.0 Å². The normalized spacial score (nSPS) is 16.5. The Hall–Kier alpha value is -3.39. The predicted molar refractivity (Wildman–Crippen MR) is 121 cm³/mol. The first kappa shape index (κ1) is 16.6. The lowest BCUT2D eigenvalue weighted by molar-refractivity contribution is -0.124. The van der Waals surface area contributed by atoms with Crippen LogP contribution < -0.4 is 0 Å². The van der Waals surface area contributed by atoms with Crippen LogP contribution in [0.25, 0.3) is 17.2 Å². The number of hydrogen-bond acceptors (Lipinski definition) is 1. The molecule has 0 radical (unpaired) electrons. The van der Waals surface area contributed by atoms with Gasteiger partial charge in [-0.25, -0.2) is 0 Å². The third-order valence-electron chi connectivity index (χ3n) is 5.03. The zero-order chi connectivity index (χ0) is 21.6. The third kappa shape index (κ3) is 4.72. The third-order valence-corrected chi connectivity index (χ3v) is 5.03. The van der Waals surface area contributed by atoms with Gasteiger partial charge in [0.05, 0.1) is 2.74 Å². The SMILES string of the molecule is [2H]C(=C(/C(=O)N1CCCC1)c1ccccc1)/C(=C(\[2H])c1ccccc1)c1ccccc1. The molecule has 0 spiro atoms. The van der Waals surface area contributed by atoms with E-state index in [1.54, 1.807) is 0 Å². The van der Waals surface area contributed by atoms with Crippen LogP contribution in [0.15, 0.2) is 97.0 Å². The number of allylic oxidation sites excluding steroid dienone is 2. The molecule has 0 atom stereocenters. The summed E-state index contributed by atoms with van der Waals surface area (Å²) in [6.07, 6.45) is 1.96. The summed E-state index contributed by atoms with van der Waals surface area (Å²) >= 11 is 0. The Balaban J connectivity index is 1.97. The van der Waals surface area contributed by atoms with Crippen LogP contribution in [0.4, 0.5) is 0 Å². The molecule has 1 saturated heterocycles. The van der Waals surface area contributed by atoms with Crippen LogP contribution in [0.1, 0.15) is 32.3 Å². The average Bonchev–Trinajstić information content (AvgIpc) is 3.36. The molecule has 0 bridgehead atoms. The number of benzene rings is 3. The first-order valence-electron chi connectivity index (χ1n) is 11.0. The second-order valence-corrected chi connectivity index (χ2v) is 7.10. The highest BCUT2D eigenvalue weighted by molar-refractivity contribution is 6.22. The van der Waals surface area contributed by atoms with Gasteiger partial charge in [-0.3, -0.25) is 4.79 Å². The smallest absolute Gasteiger partial charge is 0.254 e. The highest BCUT2D eigenvalue weighted by Crippen LogP contribution is 2.27. The average molecular weight is 382 g/mol. The molecule has 1 fully saturated rings. The molecule has 1 aliphatic rings. The van der Waals surface area contributed by atoms with Gasteiger partial charge in [0.15, 0.2) is 0 Å². The maximum atomic E-state index is 13.5. The summed E-state index contributed by atoms with van der Waals surface area (Å²) in [6, 6.07) is 28.6. The van der Waals surface area contributed by atoms with Crippen molar-refractivity contribution in [3.8, 4) is 0 Å². The standard InChI is InChI=1S/C27H25NO/c29-27(28-18-10-11-19-28)26(24-16-8-3-9-17-24)21-25(23-14-6-2-7-15-23)20-22-12-4-1-5-13-22/h1-9,12-17,20-21H,10-11,18-19H2/b25-20-,26-21-/i20D,21D. The number of hydrogen-bond donors (Lipinski definition) is 0. The van der Waals surface area contributed by atoms with E-state index in [2.05, 4.69) is 0 Å².